The molecule has 7 heteroatoms. The van der Waals surface area contributed by atoms with Gasteiger partial charge in [0.25, 0.3) is 0 Å². The molecule has 1 fully saturated rings. The summed E-state index contributed by atoms with van der Waals surface area (Å²) in [4.78, 5) is 25.5. The lowest BCUT2D eigenvalue weighted by molar-refractivity contribution is -0.134. The van der Waals surface area contributed by atoms with Crippen LogP contribution in [0, 0.1) is 0 Å². The molecule has 2 rings (SSSR count). The molecule has 0 bridgehead atoms. The van der Waals surface area contributed by atoms with Crippen LogP contribution in [0.3, 0.4) is 0 Å². The van der Waals surface area contributed by atoms with Crippen LogP contribution in [-0.4, -0.2) is 55.5 Å². The second kappa shape index (κ2) is 7.44. The number of ketones is 1. The average Bonchev–Trinajstić information content (AvgIpc) is 2.55. The standard InChI is InChI=1S/C17H24N2O4S/c1-13-6-4-5-11-19(13)17(21)12-18(3)24(22,23)16-9-7-15(8-10-16)14(2)20/h7-10,13H,4-6,11-12H2,1-3H3/t13-/m1/s1. The van der Waals surface area contributed by atoms with Gasteiger partial charge in [0.15, 0.2) is 5.78 Å². The summed E-state index contributed by atoms with van der Waals surface area (Å²) >= 11 is 0. The van der Waals surface area contributed by atoms with E-state index in [1.165, 1.54) is 38.2 Å². The third kappa shape index (κ3) is 4.02. The van der Waals surface area contributed by atoms with E-state index < -0.39 is 10.0 Å². The van der Waals surface area contributed by atoms with Crippen molar-refractivity contribution in [3.05, 3.63) is 29.8 Å². The van der Waals surface area contributed by atoms with Gasteiger partial charge in [0.2, 0.25) is 15.9 Å². The highest BCUT2D eigenvalue weighted by atomic mass is 32.2. The lowest BCUT2D eigenvalue weighted by Gasteiger charge is -2.34. The zero-order chi connectivity index (χ0) is 17.9. The van der Waals surface area contributed by atoms with Gasteiger partial charge >= 0.3 is 0 Å². The maximum absolute atomic E-state index is 12.6. The number of likely N-dealkylation sites (N-methyl/N-ethyl adjacent to an activating group) is 1. The molecule has 1 aromatic rings. The van der Waals surface area contributed by atoms with Crippen LogP contribution in [0.2, 0.25) is 0 Å². The van der Waals surface area contributed by atoms with E-state index in [1.54, 1.807) is 4.90 Å². The van der Waals surface area contributed by atoms with Gasteiger partial charge in [0, 0.05) is 25.2 Å². The summed E-state index contributed by atoms with van der Waals surface area (Å²) in [6.45, 7) is 3.92. The van der Waals surface area contributed by atoms with E-state index in [0.717, 1.165) is 23.6 Å². The number of carbonyl (C=O) groups is 2. The lowest BCUT2D eigenvalue weighted by Crippen LogP contribution is -2.47. The number of amides is 1. The van der Waals surface area contributed by atoms with Crippen molar-refractivity contribution in [2.24, 2.45) is 0 Å². The number of sulfonamides is 1. The molecule has 1 atom stereocenters. The molecule has 1 aromatic carbocycles. The number of nitrogens with zero attached hydrogens (tertiary/aromatic N) is 2. The van der Waals surface area contributed by atoms with E-state index in [1.807, 2.05) is 6.92 Å². The Hall–Kier alpha value is -1.73. The number of hydrogen-bond donors (Lipinski definition) is 0. The molecule has 6 nitrogen and oxygen atoms in total. The smallest absolute Gasteiger partial charge is 0.243 e. The highest BCUT2D eigenvalue weighted by molar-refractivity contribution is 7.89. The Morgan fingerprint density at radius 3 is 2.38 bits per heavy atom. The minimum Gasteiger partial charge on any atom is -0.339 e. The monoisotopic (exact) mass is 352 g/mol. The second-order valence-electron chi connectivity index (χ2n) is 6.27. The fourth-order valence-electron chi connectivity index (χ4n) is 2.88. The van der Waals surface area contributed by atoms with Crippen LogP contribution in [0.5, 0.6) is 0 Å². The molecule has 0 unspecified atom stereocenters. The molecule has 1 heterocycles. The number of Topliss-reactive ketones (excluding diaryl/α,β-unsaturated/α-hetero) is 1. The zero-order valence-electron chi connectivity index (χ0n) is 14.4. The van der Waals surface area contributed by atoms with Gasteiger partial charge in [-0.05, 0) is 45.2 Å². The first-order valence-corrected chi connectivity index (χ1v) is 9.54. The topological polar surface area (TPSA) is 74.8 Å². The summed E-state index contributed by atoms with van der Waals surface area (Å²) in [7, 11) is -2.35. The first kappa shape index (κ1) is 18.6. The van der Waals surface area contributed by atoms with Crippen molar-refractivity contribution in [1.82, 2.24) is 9.21 Å². The van der Waals surface area contributed by atoms with Gasteiger partial charge in [-0.2, -0.15) is 4.31 Å². The number of rotatable bonds is 5. The first-order chi connectivity index (χ1) is 11.2. The third-order valence-electron chi connectivity index (χ3n) is 4.45. The number of benzene rings is 1. The van der Waals surface area contributed by atoms with E-state index in [-0.39, 0.29) is 29.2 Å². The molecular formula is C17H24N2O4S. The van der Waals surface area contributed by atoms with Gasteiger partial charge in [0.05, 0.1) is 11.4 Å². The largest absolute Gasteiger partial charge is 0.339 e. The SMILES string of the molecule is CC(=O)c1ccc(S(=O)(=O)N(C)CC(=O)N2CCCC[C@H]2C)cc1. The minimum atomic E-state index is -3.76. The van der Waals surface area contributed by atoms with Gasteiger partial charge in [-0.25, -0.2) is 8.42 Å². The first-order valence-electron chi connectivity index (χ1n) is 8.10. The number of likely N-dealkylation sites (tertiary alicyclic amines) is 1. The van der Waals surface area contributed by atoms with E-state index >= 15 is 0 Å². The predicted molar refractivity (Wildman–Crippen MR) is 91.3 cm³/mol. The van der Waals surface area contributed by atoms with Crippen LogP contribution in [0.25, 0.3) is 0 Å². The van der Waals surface area contributed by atoms with Crippen LogP contribution in [0.4, 0.5) is 0 Å². The summed E-state index contributed by atoms with van der Waals surface area (Å²) in [5.41, 5.74) is 0.454. The van der Waals surface area contributed by atoms with Crippen LogP contribution >= 0.6 is 0 Å². The lowest BCUT2D eigenvalue weighted by atomic mass is 10.0. The van der Waals surface area contributed by atoms with Crippen molar-refractivity contribution >= 4 is 21.7 Å². The van der Waals surface area contributed by atoms with E-state index in [0.29, 0.717) is 12.1 Å². The van der Waals surface area contributed by atoms with Gasteiger partial charge < -0.3 is 4.90 Å². The molecule has 0 radical (unpaired) electrons. The molecule has 132 valence electrons. The fraction of sp³-hybridized carbons (Fsp3) is 0.529. The summed E-state index contributed by atoms with van der Waals surface area (Å²) in [5.74, 6) is -0.296. The van der Waals surface area contributed by atoms with Gasteiger partial charge in [-0.1, -0.05) is 12.1 Å². The van der Waals surface area contributed by atoms with Crippen LogP contribution in [0.15, 0.2) is 29.2 Å². The number of piperidine rings is 1. The summed E-state index contributed by atoms with van der Waals surface area (Å²) in [6.07, 6.45) is 3.01. The van der Waals surface area contributed by atoms with Crippen LogP contribution in [-0.2, 0) is 14.8 Å². The molecule has 0 N–H and O–H groups in total. The van der Waals surface area contributed by atoms with Crippen molar-refractivity contribution in [2.75, 3.05) is 20.1 Å². The summed E-state index contributed by atoms with van der Waals surface area (Å²) in [6, 6.07) is 5.92. The Morgan fingerprint density at radius 2 is 1.83 bits per heavy atom. The van der Waals surface area contributed by atoms with Gasteiger partial charge in [-0.3, -0.25) is 9.59 Å². The Balaban J connectivity index is 2.10. The van der Waals surface area contributed by atoms with E-state index in [9.17, 15) is 18.0 Å². The summed E-state index contributed by atoms with van der Waals surface area (Å²) < 4.78 is 26.2. The minimum absolute atomic E-state index is 0.0782. The second-order valence-corrected chi connectivity index (χ2v) is 8.32. The number of carbonyl (C=O) groups excluding carboxylic acids is 2. The maximum Gasteiger partial charge on any atom is 0.243 e. The Labute approximate surface area is 143 Å². The highest BCUT2D eigenvalue weighted by Gasteiger charge is 2.28. The van der Waals surface area contributed by atoms with Crippen molar-refractivity contribution < 1.29 is 18.0 Å². The van der Waals surface area contributed by atoms with Gasteiger partial charge in [0.1, 0.15) is 0 Å². The Kier molecular flexibility index (Phi) is 5.77. The summed E-state index contributed by atoms with van der Waals surface area (Å²) in [5, 5.41) is 0. The highest BCUT2D eigenvalue weighted by Crippen LogP contribution is 2.19. The molecule has 1 aliphatic rings. The zero-order valence-corrected chi connectivity index (χ0v) is 15.2. The van der Waals surface area contributed by atoms with Gasteiger partial charge in [-0.15, -0.1) is 0 Å². The Bertz CT molecular complexity index is 713. The van der Waals surface area contributed by atoms with Crippen LogP contribution in [0.1, 0.15) is 43.5 Å². The van der Waals surface area contributed by atoms with Crippen LogP contribution < -0.4 is 0 Å². The number of hydrogen-bond acceptors (Lipinski definition) is 4. The molecule has 1 aliphatic heterocycles. The molecule has 1 saturated heterocycles. The molecule has 0 saturated carbocycles. The molecule has 0 spiro atoms. The predicted octanol–water partition coefficient (Wildman–Crippen LogP) is 1.91. The van der Waals surface area contributed by atoms with Crippen molar-refractivity contribution in [1.29, 1.82) is 0 Å². The van der Waals surface area contributed by atoms with E-state index in [2.05, 4.69) is 0 Å². The van der Waals surface area contributed by atoms with Crippen molar-refractivity contribution in [3.63, 3.8) is 0 Å². The van der Waals surface area contributed by atoms with E-state index in [4.69, 9.17) is 0 Å². The molecule has 0 aliphatic carbocycles. The Morgan fingerprint density at radius 1 is 1.21 bits per heavy atom. The fourth-order valence-corrected chi connectivity index (χ4v) is 4.00. The quantitative estimate of drug-likeness (QED) is 0.759. The third-order valence-corrected chi connectivity index (χ3v) is 6.27. The molecule has 0 aromatic heterocycles. The molecule has 24 heavy (non-hydrogen) atoms. The molecule has 1 amide bonds. The average molecular weight is 352 g/mol. The maximum atomic E-state index is 12.6. The normalized spacial score (nSPS) is 18.7. The molecular weight excluding hydrogens is 328 g/mol. The van der Waals surface area contributed by atoms with Crippen molar-refractivity contribution in [2.45, 2.75) is 44.0 Å². The van der Waals surface area contributed by atoms with Crippen molar-refractivity contribution in [3.8, 4) is 0 Å².